The van der Waals surface area contributed by atoms with Crippen LogP contribution in [0.3, 0.4) is 0 Å². The van der Waals surface area contributed by atoms with E-state index >= 15 is 0 Å². The molecular weight excluding hydrogens is 338 g/mol. The van der Waals surface area contributed by atoms with Gasteiger partial charge in [0.1, 0.15) is 0 Å². The number of carbonyl (C=O) groups excluding carboxylic acids is 1. The smallest absolute Gasteiger partial charge is 0.309 e. The summed E-state index contributed by atoms with van der Waals surface area (Å²) in [5.74, 6) is 0.194. The fraction of sp³-hybridized carbons (Fsp3) is 0.650. The number of hydrogen-bond acceptors (Lipinski definition) is 4. The molecule has 2 saturated heterocycles. The Kier molecular flexibility index (Phi) is 6.46. The van der Waals surface area contributed by atoms with Crippen LogP contribution in [0.15, 0.2) is 18.2 Å². The van der Waals surface area contributed by atoms with Crippen LogP contribution >= 0.6 is 0 Å². The van der Waals surface area contributed by atoms with E-state index in [1.165, 1.54) is 5.56 Å². The lowest BCUT2D eigenvalue weighted by atomic mass is 9.87. The van der Waals surface area contributed by atoms with E-state index < -0.39 is 6.43 Å². The first-order valence-electron chi connectivity index (χ1n) is 9.64. The molecule has 2 fully saturated rings. The topological polar surface area (TPSA) is 41.6 Å². The molecular formula is C20H28F2N2O2. The van der Waals surface area contributed by atoms with Gasteiger partial charge in [0.2, 0.25) is 0 Å². The molecule has 0 spiro atoms. The lowest BCUT2D eigenvalue weighted by molar-refractivity contribution is -0.148. The fourth-order valence-electron chi connectivity index (χ4n) is 4.06. The number of alkyl halides is 2. The van der Waals surface area contributed by atoms with Crippen molar-refractivity contribution in [3.63, 3.8) is 0 Å². The second kappa shape index (κ2) is 8.80. The van der Waals surface area contributed by atoms with Crippen LogP contribution in [0.4, 0.5) is 14.5 Å². The number of esters is 1. The largest absolute Gasteiger partial charge is 0.466 e. The number of carbonyl (C=O) groups is 1. The van der Waals surface area contributed by atoms with E-state index in [9.17, 15) is 13.6 Å². The van der Waals surface area contributed by atoms with Crippen LogP contribution in [-0.4, -0.2) is 38.8 Å². The molecule has 0 saturated carbocycles. The molecule has 1 N–H and O–H groups in total. The maximum absolute atomic E-state index is 13.3. The minimum absolute atomic E-state index is 0.0743. The molecule has 1 aromatic rings. The third-order valence-electron chi connectivity index (χ3n) is 5.54. The number of benzene rings is 1. The van der Waals surface area contributed by atoms with Crippen molar-refractivity contribution in [2.24, 2.45) is 5.92 Å². The predicted octanol–water partition coefficient (Wildman–Crippen LogP) is 3.87. The van der Waals surface area contributed by atoms with Crippen LogP contribution in [0.1, 0.15) is 56.1 Å². The Morgan fingerprint density at radius 2 is 1.92 bits per heavy atom. The number of rotatable bonds is 5. The molecule has 144 valence electrons. The lowest BCUT2D eigenvalue weighted by Gasteiger charge is -2.36. The van der Waals surface area contributed by atoms with Gasteiger partial charge < -0.3 is 15.0 Å². The Bertz CT molecular complexity index is 610. The molecule has 0 radical (unpaired) electrons. The summed E-state index contributed by atoms with van der Waals surface area (Å²) >= 11 is 0. The summed E-state index contributed by atoms with van der Waals surface area (Å²) in [4.78, 5) is 14.1. The average Bonchev–Trinajstić information content (AvgIpc) is 2.68. The van der Waals surface area contributed by atoms with Gasteiger partial charge in [0.25, 0.3) is 6.43 Å². The van der Waals surface area contributed by atoms with Gasteiger partial charge in [-0.25, -0.2) is 8.78 Å². The lowest BCUT2D eigenvalue weighted by Crippen LogP contribution is -2.38. The van der Waals surface area contributed by atoms with Crippen LogP contribution < -0.4 is 10.2 Å². The van der Waals surface area contributed by atoms with E-state index in [2.05, 4.69) is 10.2 Å². The van der Waals surface area contributed by atoms with E-state index in [0.29, 0.717) is 38.5 Å². The third-order valence-corrected chi connectivity index (χ3v) is 5.54. The number of nitrogens with zero attached hydrogens (tertiary/aromatic N) is 1. The second-order valence-corrected chi connectivity index (χ2v) is 7.16. The molecule has 0 aliphatic carbocycles. The van der Waals surface area contributed by atoms with Gasteiger partial charge in [-0.1, -0.05) is 12.1 Å². The Morgan fingerprint density at radius 3 is 2.54 bits per heavy atom. The Labute approximate surface area is 153 Å². The number of hydrogen-bond donors (Lipinski definition) is 1. The van der Waals surface area contributed by atoms with Gasteiger partial charge in [0.05, 0.1) is 12.5 Å². The molecule has 0 bridgehead atoms. The van der Waals surface area contributed by atoms with E-state index in [1.54, 1.807) is 12.1 Å². The van der Waals surface area contributed by atoms with Crippen molar-refractivity contribution < 1.29 is 18.3 Å². The predicted molar refractivity (Wildman–Crippen MR) is 97.8 cm³/mol. The van der Waals surface area contributed by atoms with Gasteiger partial charge >= 0.3 is 5.97 Å². The summed E-state index contributed by atoms with van der Waals surface area (Å²) in [6.07, 6.45) is 1.01. The Hall–Kier alpha value is -1.69. The number of ether oxygens (including phenoxy) is 1. The quantitative estimate of drug-likeness (QED) is 0.804. The molecule has 3 rings (SSSR count). The van der Waals surface area contributed by atoms with E-state index in [4.69, 9.17) is 4.74 Å². The zero-order valence-corrected chi connectivity index (χ0v) is 15.3. The molecule has 0 atom stereocenters. The minimum atomic E-state index is -2.46. The van der Waals surface area contributed by atoms with Crippen LogP contribution in [0.2, 0.25) is 0 Å². The molecule has 0 amide bonds. The maximum atomic E-state index is 13.3. The minimum Gasteiger partial charge on any atom is -0.466 e. The molecule has 26 heavy (non-hydrogen) atoms. The van der Waals surface area contributed by atoms with Gasteiger partial charge in [-0.15, -0.1) is 0 Å². The zero-order chi connectivity index (χ0) is 18.5. The van der Waals surface area contributed by atoms with Crippen molar-refractivity contribution in [1.29, 1.82) is 0 Å². The summed E-state index contributed by atoms with van der Waals surface area (Å²) in [6.45, 7) is 5.54. The summed E-state index contributed by atoms with van der Waals surface area (Å²) in [6, 6.07) is 5.12. The van der Waals surface area contributed by atoms with Crippen LogP contribution in [0.25, 0.3) is 0 Å². The van der Waals surface area contributed by atoms with Crippen molar-refractivity contribution in [2.45, 2.75) is 45.0 Å². The molecule has 2 aliphatic rings. The first-order valence-corrected chi connectivity index (χ1v) is 9.64. The number of halogens is 2. The standard InChI is InChI=1S/C20H28F2N2O2/c1-2-26-20(25)15-7-11-24(12-8-15)18-13-16(19(21)22)3-4-17(18)14-5-9-23-10-6-14/h3-4,13-15,19,23H,2,5-12H2,1H3. The maximum Gasteiger partial charge on any atom is 0.309 e. The number of nitrogens with one attached hydrogen (secondary N) is 1. The molecule has 1 aromatic carbocycles. The van der Waals surface area contributed by atoms with Crippen LogP contribution in [-0.2, 0) is 9.53 Å². The molecule has 2 aliphatic heterocycles. The van der Waals surface area contributed by atoms with Crippen molar-refractivity contribution in [3.05, 3.63) is 29.3 Å². The highest BCUT2D eigenvalue weighted by molar-refractivity contribution is 5.73. The Balaban J connectivity index is 1.78. The van der Waals surface area contributed by atoms with E-state index in [-0.39, 0.29) is 17.5 Å². The van der Waals surface area contributed by atoms with Gasteiger partial charge in [-0.3, -0.25) is 4.79 Å². The number of anilines is 1. The highest BCUT2D eigenvalue weighted by Gasteiger charge is 2.29. The first-order chi connectivity index (χ1) is 12.6. The molecule has 0 aromatic heterocycles. The van der Waals surface area contributed by atoms with Gasteiger partial charge in [0, 0.05) is 24.3 Å². The monoisotopic (exact) mass is 366 g/mol. The van der Waals surface area contributed by atoms with E-state index in [0.717, 1.165) is 31.6 Å². The Morgan fingerprint density at radius 1 is 1.23 bits per heavy atom. The zero-order valence-electron chi connectivity index (χ0n) is 15.3. The summed E-state index contributed by atoms with van der Waals surface area (Å²) in [5.41, 5.74) is 2.17. The summed E-state index contributed by atoms with van der Waals surface area (Å²) in [7, 11) is 0. The SMILES string of the molecule is CCOC(=O)C1CCN(c2cc(C(F)F)ccc2C2CCNCC2)CC1. The highest BCUT2D eigenvalue weighted by atomic mass is 19.3. The van der Waals surface area contributed by atoms with E-state index in [1.807, 2.05) is 13.0 Å². The van der Waals surface area contributed by atoms with Crippen molar-refractivity contribution in [3.8, 4) is 0 Å². The molecule has 2 heterocycles. The highest BCUT2D eigenvalue weighted by Crippen LogP contribution is 2.37. The van der Waals surface area contributed by atoms with Gasteiger partial charge in [-0.05, 0) is 63.2 Å². The van der Waals surface area contributed by atoms with Crippen molar-refractivity contribution >= 4 is 11.7 Å². The average molecular weight is 366 g/mol. The van der Waals surface area contributed by atoms with Crippen LogP contribution in [0.5, 0.6) is 0 Å². The second-order valence-electron chi connectivity index (χ2n) is 7.16. The van der Waals surface area contributed by atoms with Crippen molar-refractivity contribution in [2.75, 3.05) is 37.7 Å². The van der Waals surface area contributed by atoms with Crippen molar-refractivity contribution in [1.82, 2.24) is 5.32 Å². The first kappa shape index (κ1) is 19.1. The summed E-state index contributed by atoms with van der Waals surface area (Å²) in [5, 5.41) is 3.36. The fourth-order valence-corrected chi connectivity index (χ4v) is 4.06. The normalized spacial score (nSPS) is 19.8. The molecule has 4 nitrogen and oxygen atoms in total. The third kappa shape index (κ3) is 4.34. The van der Waals surface area contributed by atoms with Gasteiger partial charge in [-0.2, -0.15) is 0 Å². The summed E-state index contributed by atoms with van der Waals surface area (Å²) < 4.78 is 31.6. The molecule has 0 unspecified atom stereocenters. The van der Waals surface area contributed by atoms with Crippen LogP contribution in [0, 0.1) is 5.92 Å². The number of piperidine rings is 2. The molecule has 6 heteroatoms. The van der Waals surface area contributed by atoms with Gasteiger partial charge in [0.15, 0.2) is 0 Å².